The molecule has 0 radical (unpaired) electrons. The third-order valence-corrected chi connectivity index (χ3v) is 7.92. The van der Waals surface area contributed by atoms with Crippen LogP contribution in [-0.4, -0.2) is 46.8 Å². The quantitative estimate of drug-likeness (QED) is 0.542. The number of benzene rings is 1. The van der Waals surface area contributed by atoms with Gasteiger partial charge in [-0.05, 0) is 49.9 Å². The lowest BCUT2D eigenvalue weighted by Gasteiger charge is -2.19. The molecule has 0 amide bonds. The average Bonchev–Trinajstić information content (AvgIpc) is 3.50. The van der Waals surface area contributed by atoms with E-state index in [1.54, 1.807) is 6.26 Å². The number of para-hydroxylation sites is 1. The number of hydrogen-bond donors (Lipinski definition) is 3. The monoisotopic (exact) mass is 479 g/mol. The Morgan fingerprint density at radius 3 is 2.62 bits per heavy atom. The van der Waals surface area contributed by atoms with Crippen molar-refractivity contribution < 1.29 is 22.2 Å². The molecule has 1 fully saturated rings. The number of amidine groups is 2. The molecule has 0 aliphatic carbocycles. The maximum atomic E-state index is 12.9. The van der Waals surface area contributed by atoms with Gasteiger partial charge in [0, 0.05) is 13.1 Å². The van der Waals surface area contributed by atoms with Crippen molar-refractivity contribution in [1.29, 1.82) is 0 Å². The number of phenolic OH excluding ortho intramolecular Hbond substituents is 1. The topological polar surface area (TPSA) is 137 Å². The van der Waals surface area contributed by atoms with Crippen molar-refractivity contribution in [2.75, 3.05) is 18.4 Å². The number of nitrogens with one attached hydrogen (secondary N) is 2. The largest absolute Gasteiger partial charge is 0.504 e. The van der Waals surface area contributed by atoms with Crippen LogP contribution in [0.1, 0.15) is 43.6 Å². The molecule has 3 heterocycles. The molecular weight excluding hydrogens is 454 g/mol. The van der Waals surface area contributed by atoms with Gasteiger partial charge in [0.2, 0.25) is 10.0 Å². The minimum atomic E-state index is -3.82. The van der Waals surface area contributed by atoms with Gasteiger partial charge in [-0.2, -0.15) is 4.31 Å². The Hall–Kier alpha value is -2.70. The Morgan fingerprint density at radius 1 is 1.25 bits per heavy atom. The Kier molecular flexibility index (Phi) is 6.35. The van der Waals surface area contributed by atoms with Crippen LogP contribution in [0.3, 0.4) is 0 Å². The number of sulfonamides is 1. The summed E-state index contributed by atoms with van der Waals surface area (Å²) >= 11 is -1.85. The van der Waals surface area contributed by atoms with Gasteiger partial charge < -0.3 is 20.2 Å². The molecule has 2 aliphatic rings. The molecule has 0 saturated carbocycles. The predicted molar refractivity (Wildman–Crippen MR) is 122 cm³/mol. The first kappa shape index (κ1) is 22.5. The minimum Gasteiger partial charge on any atom is -0.504 e. The van der Waals surface area contributed by atoms with E-state index in [9.17, 15) is 17.7 Å². The summed E-state index contributed by atoms with van der Waals surface area (Å²) in [6, 6.07) is 6.08. The molecule has 1 saturated heterocycles. The van der Waals surface area contributed by atoms with Crippen molar-refractivity contribution in [3.05, 3.63) is 41.9 Å². The smallest absolute Gasteiger partial charge is 0.269 e. The van der Waals surface area contributed by atoms with Crippen LogP contribution in [0.2, 0.25) is 0 Å². The van der Waals surface area contributed by atoms with Crippen LogP contribution >= 0.6 is 0 Å². The summed E-state index contributed by atoms with van der Waals surface area (Å²) in [5.41, 5.74) is 1.10. The molecule has 0 bridgehead atoms. The van der Waals surface area contributed by atoms with Crippen LogP contribution in [0.5, 0.6) is 5.75 Å². The average molecular weight is 480 g/mol. The standard InChI is InChI=1S/C20H25N5O5S2/c1-3-14(16-11-13(2)12-30-16)21-19-20(24-31(27)23-19)22-15-7-6-8-17(18(15)26)32(28,29)25-9-4-5-10-25/h6-8,11-12,14,26H,3-5,9-10H2,1-2H3,(H,21,23)(H,22,24)/t14-,31?/m1/s1. The number of hydrogen-bond acceptors (Lipinski definition) is 7. The molecular formula is C20H25N5O5S2. The van der Waals surface area contributed by atoms with E-state index in [0.717, 1.165) is 18.4 Å². The summed E-state index contributed by atoms with van der Waals surface area (Å²) in [7, 11) is -3.82. The number of aromatic hydroxyl groups is 1. The molecule has 4 rings (SSSR count). The lowest BCUT2D eigenvalue weighted by Crippen LogP contribution is -2.36. The van der Waals surface area contributed by atoms with Crippen molar-refractivity contribution in [1.82, 2.24) is 9.62 Å². The number of furan rings is 1. The third-order valence-electron chi connectivity index (χ3n) is 5.31. The lowest BCUT2D eigenvalue weighted by atomic mass is 10.1. The summed E-state index contributed by atoms with van der Waals surface area (Å²) in [5.74, 6) is 0.645. The maximum Gasteiger partial charge on any atom is 0.269 e. The fourth-order valence-electron chi connectivity index (χ4n) is 3.64. The van der Waals surface area contributed by atoms with Crippen LogP contribution in [0.25, 0.3) is 0 Å². The van der Waals surface area contributed by atoms with Crippen molar-refractivity contribution in [3.8, 4) is 5.75 Å². The zero-order valence-electron chi connectivity index (χ0n) is 17.7. The third kappa shape index (κ3) is 4.43. The van der Waals surface area contributed by atoms with Gasteiger partial charge in [-0.1, -0.05) is 13.0 Å². The molecule has 2 aromatic rings. The summed E-state index contributed by atoms with van der Waals surface area (Å²) in [4.78, 5) is -0.187. The normalized spacial score (nSPS) is 20.1. The second kappa shape index (κ2) is 9.04. The van der Waals surface area contributed by atoms with Crippen molar-refractivity contribution in [2.24, 2.45) is 8.80 Å². The highest BCUT2D eigenvalue weighted by atomic mass is 32.2. The molecule has 3 N–H and O–H groups in total. The first-order chi connectivity index (χ1) is 15.3. The highest BCUT2D eigenvalue weighted by molar-refractivity contribution is 7.89. The van der Waals surface area contributed by atoms with E-state index in [4.69, 9.17) is 4.42 Å². The van der Waals surface area contributed by atoms with Crippen molar-refractivity contribution in [3.63, 3.8) is 0 Å². The Bertz CT molecular complexity index is 1200. The van der Waals surface area contributed by atoms with Gasteiger partial charge in [-0.15, -0.1) is 8.80 Å². The highest BCUT2D eigenvalue weighted by Gasteiger charge is 2.31. The van der Waals surface area contributed by atoms with Crippen LogP contribution in [0.15, 0.2) is 48.6 Å². The number of aryl methyl sites for hydroxylation is 1. The summed E-state index contributed by atoms with van der Waals surface area (Å²) in [6.07, 6.45) is 3.90. The first-order valence-corrected chi connectivity index (χ1v) is 12.8. The van der Waals surface area contributed by atoms with E-state index in [1.807, 2.05) is 19.9 Å². The number of rotatable bonds is 6. The van der Waals surface area contributed by atoms with Crippen LogP contribution in [0.4, 0.5) is 5.69 Å². The molecule has 10 nitrogen and oxygen atoms in total. The van der Waals surface area contributed by atoms with Crippen LogP contribution in [-0.2, 0) is 21.2 Å². The zero-order valence-corrected chi connectivity index (χ0v) is 19.4. The Labute approximate surface area is 189 Å². The first-order valence-electron chi connectivity index (χ1n) is 10.3. The molecule has 2 atom stereocenters. The lowest BCUT2D eigenvalue weighted by molar-refractivity contribution is 0.440. The molecule has 32 heavy (non-hydrogen) atoms. The summed E-state index contributed by atoms with van der Waals surface area (Å²) in [6.45, 7) is 4.74. The molecule has 1 unspecified atom stereocenters. The van der Waals surface area contributed by atoms with E-state index >= 15 is 0 Å². The van der Waals surface area contributed by atoms with Crippen molar-refractivity contribution in [2.45, 2.75) is 44.0 Å². The van der Waals surface area contributed by atoms with Gasteiger partial charge in [0.25, 0.3) is 11.2 Å². The number of anilines is 1. The number of phenols is 1. The maximum absolute atomic E-state index is 12.9. The van der Waals surface area contributed by atoms with Gasteiger partial charge in [-0.25, -0.2) is 12.6 Å². The number of nitrogens with zero attached hydrogens (tertiary/aromatic N) is 3. The molecule has 2 aliphatic heterocycles. The fraction of sp³-hybridized carbons (Fsp3) is 0.400. The Morgan fingerprint density at radius 2 is 1.97 bits per heavy atom. The fourth-order valence-corrected chi connectivity index (χ4v) is 5.89. The summed E-state index contributed by atoms with van der Waals surface area (Å²) in [5, 5.41) is 16.8. The molecule has 0 spiro atoms. The van der Waals surface area contributed by atoms with Gasteiger partial charge >= 0.3 is 0 Å². The zero-order chi connectivity index (χ0) is 22.9. The Balaban J connectivity index is 1.57. The van der Waals surface area contributed by atoms with E-state index < -0.39 is 26.9 Å². The molecule has 12 heteroatoms. The molecule has 1 aromatic carbocycles. The second-order valence-corrected chi connectivity index (χ2v) is 10.4. The molecule has 1 aromatic heterocycles. The predicted octanol–water partition coefficient (Wildman–Crippen LogP) is 2.62. The van der Waals surface area contributed by atoms with E-state index in [1.165, 1.54) is 22.5 Å². The SMILES string of the molecule is CC[C@@H](NC1=NS(=O)N=C1Nc1cccc(S(=O)(=O)N2CCCC2)c1O)c1cc(C)co1. The van der Waals surface area contributed by atoms with Crippen molar-refractivity contribution >= 4 is 38.6 Å². The van der Waals surface area contributed by atoms with Gasteiger partial charge in [-0.3, -0.25) is 0 Å². The van der Waals surface area contributed by atoms with E-state index in [-0.39, 0.29) is 28.3 Å². The highest BCUT2D eigenvalue weighted by Crippen LogP contribution is 2.34. The summed E-state index contributed by atoms with van der Waals surface area (Å²) < 4.78 is 52.8. The van der Waals surface area contributed by atoms with E-state index in [2.05, 4.69) is 19.4 Å². The van der Waals surface area contributed by atoms with Crippen LogP contribution < -0.4 is 10.6 Å². The van der Waals surface area contributed by atoms with Gasteiger partial charge in [0.05, 0.1) is 18.0 Å². The van der Waals surface area contributed by atoms with Gasteiger partial charge in [0.1, 0.15) is 10.7 Å². The van der Waals surface area contributed by atoms with Crippen LogP contribution in [0, 0.1) is 6.92 Å². The van der Waals surface area contributed by atoms with Gasteiger partial charge in [0.15, 0.2) is 17.4 Å². The minimum absolute atomic E-state index is 0.124. The van der Waals surface area contributed by atoms with E-state index in [0.29, 0.717) is 25.3 Å². The molecule has 172 valence electrons. The second-order valence-electron chi connectivity index (χ2n) is 7.63.